The van der Waals surface area contributed by atoms with Crippen LogP contribution in [0.25, 0.3) is 0 Å². The van der Waals surface area contributed by atoms with Crippen LogP contribution in [0.5, 0.6) is 0 Å². The highest BCUT2D eigenvalue weighted by atomic mass is 19.4. The summed E-state index contributed by atoms with van der Waals surface area (Å²) in [6.07, 6.45) is -3.73. The van der Waals surface area contributed by atoms with Gasteiger partial charge in [0.25, 0.3) is 0 Å². The predicted octanol–water partition coefficient (Wildman–Crippen LogP) is 3.86. The van der Waals surface area contributed by atoms with Gasteiger partial charge >= 0.3 is 6.18 Å². The lowest BCUT2D eigenvalue weighted by Gasteiger charge is -2.28. The van der Waals surface area contributed by atoms with Gasteiger partial charge in [0.05, 0.1) is 5.56 Å². The van der Waals surface area contributed by atoms with Gasteiger partial charge in [-0.2, -0.15) is 13.2 Å². The van der Waals surface area contributed by atoms with E-state index in [0.717, 1.165) is 18.9 Å². The van der Waals surface area contributed by atoms with Gasteiger partial charge < -0.3 is 5.32 Å². The van der Waals surface area contributed by atoms with Crippen molar-refractivity contribution in [3.05, 3.63) is 35.4 Å². The molecule has 2 rings (SSSR count). The molecule has 2 atom stereocenters. The van der Waals surface area contributed by atoms with Gasteiger partial charge in [0, 0.05) is 6.04 Å². The summed E-state index contributed by atoms with van der Waals surface area (Å²) in [7, 11) is 0. The predicted molar refractivity (Wildman–Crippen MR) is 60.9 cm³/mol. The molecule has 0 bridgehead atoms. The Hall–Kier alpha value is -1.10. The Bertz CT molecular complexity index is 396. The Morgan fingerprint density at radius 3 is 2.50 bits per heavy atom. The van der Waals surface area contributed by atoms with E-state index >= 15 is 0 Å². The lowest BCUT2D eigenvalue weighted by Crippen LogP contribution is -2.38. The van der Waals surface area contributed by atoms with Crippen LogP contribution in [0.2, 0.25) is 0 Å². The van der Waals surface area contributed by atoms with Crippen LogP contribution in [0.3, 0.4) is 0 Å². The summed E-state index contributed by atoms with van der Waals surface area (Å²) in [5, 5.41) is 2.95. The highest BCUT2D eigenvalue weighted by Gasteiger charge is 2.37. The van der Waals surface area contributed by atoms with Gasteiger partial charge in [0.2, 0.25) is 0 Å². The fourth-order valence-electron chi connectivity index (χ4n) is 2.34. The molecule has 1 aromatic rings. The molecule has 2 unspecified atom stereocenters. The van der Waals surface area contributed by atoms with Crippen molar-refractivity contribution in [2.24, 2.45) is 0 Å². The number of rotatable bonds is 2. The van der Waals surface area contributed by atoms with E-state index in [1.165, 1.54) is 18.2 Å². The van der Waals surface area contributed by atoms with Crippen LogP contribution in [-0.2, 0) is 6.18 Å². The quantitative estimate of drug-likeness (QED) is 0.797. The first kappa shape index (κ1) is 13.3. The smallest absolute Gasteiger partial charge is 0.311 e. The van der Waals surface area contributed by atoms with E-state index in [2.05, 4.69) is 5.32 Å². The van der Waals surface area contributed by atoms with Crippen LogP contribution >= 0.6 is 0 Å². The molecule has 5 heteroatoms. The number of alkyl halides is 4. The van der Waals surface area contributed by atoms with Crippen molar-refractivity contribution in [2.45, 2.75) is 37.7 Å². The van der Waals surface area contributed by atoms with Crippen molar-refractivity contribution < 1.29 is 17.6 Å². The molecule has 0 amide bonds. The lowest BCUT2D eigenvalue weighted by molar-refractivity contribution is -0.138. The Labute approximate surface area is 103 Å². The van der Waals surface area contributed by atoms with Gasteiger partial charge in [-0.05, 0) is 31.0 Å². The molecule has 100 valence electrons. The Balaban J connectivity index is 2.26. The van der Waals surface area contributed by atoms with E-state index in [1.54, 1.807) is 0 Å². The standard InChI is InChI=1S/C13H15F4N/c14-12(11-7-3-4-8-18-11)9-5-1-2-6-10(9)13(15,16)17/h1-2,5-6,11-12,18H,3-4,7-8H2. The average molecular weight is 261 g/mol. The second-order valence-electron chi connectivity index (χ2n) is 4.54. The molecule has 1 aliphatic heterocycles. The molecule has 1 nitrogen and oxygen atoms in total. The van der Waals surface area contributed by atoms with Crippen molar-refractivity contribution in [1.29, 1.82) is 0 Å². The Kier molecular flexibility index (Phi) is 3.90. The topological polar surface area (TPSA) is 12.0 Å². The third-order valence-electron chi connectivity index (χ3n) is 3.26. The summed E-state index contributed by atoms with van der Waals surface area (Å²) in [5.41, 5.74) is -1.13. The number of nitrogens with one attached hydrogen (secondary N) is 1. The fourth-order valence-corrected chi connectivity index (χ4v) is 2.34. The largest absolute Gasteiger partial charge is 0.416 e. The van der Waals surface area contributed by atoms with Gasteiger partial charge in [-0.25, -0.2) is 4.39 Å². The van der Waals surface area contributed by atoms with E-state index < -0.39 is 24.0 Å². The molecule has 0 saturated carbocycles. The van der Waals surface area contributed by atoms with Crippen LogP contribution in [-0.4, -0.2) is 12.6 Å². The van der Waals surface area contributed by atoms with Gasteiger partial charge in [-0.3, -0.25) is 0 Å². The molecule has 1 aromatic carbocycles. The van der Waals surface area contributed by atoms with Gasteiger partial charge in [-0.1, -0.05) is 24.6 Å². The molecule has 0 spiro atoms. The molecule has 0 aliphatic carbocycles. The number of hydrogen-bond acceptors (Lipinski definition) is 1. The van der Waals surface area contributed by atoms with Crippen molar-refractivity contribution >= 4 is 0 Å². The summed E-state index contributed by atoms with van der Waals surface area (Å²) in [6.45, 7) is 0.666. The highest BCUT2D eigenvalue weighted by Crippen LogP contribution is 2.37. The Morgan fingerprint density at radius 1 is 1.17 bits per heavy atom. The lowest BCUT2D eigenvalue weighted by atomic mass is 9.93. The third kappa shape index (κ3) is 2.83. The first-order valence-electron chi connectivity index (χ1n) is 6.04. The highest BCUT2D eigenvalue weighted by molar-refractivity contribution is 5.32. The van der Waals surface area contributed by atoms with Gasteiger partial charge in [-0.15, -0.1) is 0 Å². The van der Waals surface area contributed by atoms with E-state index in [4.69, 9.17) is 0 Å². The molecule has 1 N–H and O–H groups in total. The molecule has 1 aliphatic rings. The second-order valence-corrected chi connectivity index (χ2v) is 4.54. The zero-order valence-electron chi connectivity index (χ0n) is 9.80. The van der Waals surface area contributed by atoms with Crippen LogP contribution in [0, 0.1) is 0 Å². The summed E-state index contributed by atoms with van der Waals surface area (Å²) < 4.78 is 52.6. The van der Waals surface area contributed by atoms with Crippen LogP contribution in [0.15, 0.2) is 24.3 Å². The summed E-state index contributed by atoms with van der Waals surface area (Å²) in [6, 6.07) is 4.38. The van der Waals surface area contributed by atoms with Crippen LogP contribution < -0.4 is 5.32 Å². The van der Waals surface area contributed by atoms with Crippen molar-refractivity contribution in [2.75, 3.05) is 6.54 Å². The van der Waals surface area contributed by atoms with Crippen molar-refractivity contribution in [1.82, 2.24) is 5.32 Å². The molecule has 1 saturated heterocycles. The Morgan fingerprint density at radius 2 is 1.89 bits per heavy atom. The minimum Gasteiger partial charge on any atom is -0.311 e. The number of hydrogen-bond donors (Lipinski definition) is 1. The fraction of sp³-hybridized carbons (Fsp3) is 0.538. The monoisotopic (exact) mass is 261 g/mol. The minimum absolute atomic E-state index is 0.260. The number of benzene rings is 1. The summed E-state index contributed by atoms with van der Waals surface area (Å²) in [5.74, 6) is 0. The minimum atomic E-state index is -4.50. The summed E-state index contributed by atoms with van der Waals surface area (Å²) >= 11 is 0. The molecular weight excluding hydrogens is 246 g/mol. The summed E-state index contributed by atoms with van der Waals surface area (Å²) in [4.78, 5) is 0. The van der Waals surface area contributed by atoms with Crippen molar-refractivity contribution in [3.8, 4) is 0 Å². The molecule has 0 radical (unpaired) electrons. The van der Waals surface area contributed by atoms with Crippen molar-refractivity contribution in [3.63, 3.8) is 0 Å². The normalized spacial score (nSPS) is 22.8. The first-order valence-corrected chi connectivity index (χ1v) is 6.04. The molecule has 0 aromatic heterocycles. The maximum absolute atomic E-state index is 14.2. The SMILES string of the molecule is FC(c1ccccc1C(F)(F)F)C1CCCCN1. The van der Waals surface area contributed by atoms with Gasteiger partial charge in [0.15, 0.2) is 0 Å². The van der Waals surface area contributed by atoms with E-state index in [1.807, 2.05) is 0 Å². The zero-order valence-corrected chi connectivity index (χ0v) is 9.80. The van der Waals surface area contributed by atoms with Crippen LogP contribution in [0.4, 0.5) is 17.6 Å². The van der Waals surface area contributed by atoms with Crippen LogP contribution in [0.1, 0.15) is 36.6 Å². The maximum Gasteiger partial charge on any atom is 0.416 e. The van der Waals surface area contributed by atoms with Gasteiger partial charge in [0.1, 0.15) is 6.17 Å². The zero-order chi connectivity index (χ0) is 13.2. The molecule has 1 heterocycles. The average Bonchev–Trinajstić information content (AvgIpc) is 2.38. The molecule has 1 fully saturated rings. The van der Waals surface area contributed by atoms with E-state index in [-0.39, 0.29) is 5.56 Å². The number of piperidine rings is 1. The van der Waals surface area contributed by atoms with E-state index in [0.29, 0.717) is 13.0 Å². The molecular formula is C13H15F4N. The molecule has 18 heavy (non-hydrogen) atoms. The first-order chi connectivity index (χ1) is 8.50. The maximum atomic E-state index is 14.2. The second kappa shape index (κ2) is 5.26. The van der Waals surface area contributed by atoms with E-state index in [9.17, 15) is 17.6 Å². The number of halogens is 4. The third-order valence-corrected chi connectivity index (χ3v) is 3.26.